The van der Waals surface area contributed by atoms with E-state index in [1.165, 1.54) is 24.1 Å². The minimum absolute atomic E-state index is 0.173. The fraction of sp³-hybridized carbons (Fsp3) is 0.286. The Balaban J connectivity index is 1.59. The summed E-state index contributed by atoms with van der Waals surface area (Å²) in [6.07, 6.45) is 2.05. The van der Waals surface area contributed by atoms with Crippen molar-refractivity contribution < 1.29 is 27.4 Å². The summed E-state index contributed by atoms with van der Waals surface area (Å²) in [5.41, 5.74) is -0.467. The number of aromatic nitrogens is 2. The molecule has 0 spiro atoms. The van der Waals surface area contributed by atoms with Gasteiger partial charge in [-0.05, 0) is 31.0 Å². The third-order valence-electron chi connectivity index (χ3n) is 5.19. The molecule has 1 aromatic heterocycles. The molecule has 1 fully saturated rings. The number of halogens is 3. The van der Waals surface area contributed by atoms with Gasteiger partial charge in [-0.15, -0.1) is 0 Å². The number of esters is 1. The molecule has 0 N–H and O–H groups in total. The highest BCUT2D eigenvalue weighted by atomic mass is 19.1. The number of hydrogen-bond acceptors (Lipinski definition) is 5. The van der Waals surface area contributed by atoms with Gasteiger partial charge in [-0.1, -0.05) is 0 Å². The van der Waals surface area contributed by atoms with Gasteiger partial charge in [0.1, 0.15) is 29.3 Å². The predicted octanol–water partition coefficient (Wildman–Crippen LogP) is 3.19. The van der Waals surface area contributed by atoms with E-state index in [0.29, 0.717) is 36.2 Å². The number of carbonyl (C=O) groups excluding carboxylic acids is 1. The zero-order chi connectivity index (χ0) is 21.4. The largest absolute Gasteiger partial charge is 0.490 e. The van der Waals surface area contributed by atoms with Gasteiger partial charge in [0, 0.05) is 17.7 Å². The van der Waals surface area contributed by atoms with Gasteiger partial charge in [-0.2, -0.15) is 4.98 Å². The summed E-state index contributed by atoms with van der Waals surface area (Å²) in [5, 5.41) is 0.210. The van der Waals surface area contributed by atoms with E-state index < -0.39 is 23.0 Å². The van der Waals surface area contributed by atoms with Crippen LogP contribution < -0.4 is 10.3 Å². The highest BCUT2D eigenvalue weighted by Crippen LogP contribution is 2.33. The molecule has 0 aliphatic heterocycles. The van der Waals surface area contributed by atoms with Crippen LogP contribution in [0.2, 0.25) is 0 Å². The van der Waals surface area contributed by atoms with Gasteiger partial charge in [0.05, 0.1) is 36.8 Å². The lowest BCUT2D eigenvalue weighted by molar-refractivity contribution is -0.151. The molecule has 0 radical (unpaired) electrons. The molecule has 4 rings (SSSR count). The first kappa shape index (κ1) is 19.9. The number of ether oxygens (including phenoxy) is 2. The van der Waals surface area contributed by atoms with Crippen LogP contribution in [0.3, 0.4) is 0 Å². The lowest BCUT2D eigenvalue weighted by Gasteiger charge is -2.33. The van der Waals surface area contributed by atoms with Gasteiger partial charge < -0.3 is 14.0 Å². The van der Waals surface area contributed by atoms with Crippen LogP contribution in [0, 0.1) is 23.4 Å². The van der Waals surface area contributed by atoms with Crippen molar-refractivity contribution in [1.82, 2.24) is 9.55 Å². The molecule has 0 bridgehead atoms. The number of fused-ring (bicyclic) bond motifs is 1. The Morgan fingerprint density at radius 3 is 2.53 bits per heavy atom. The third kappa shape index (κ3) is 3.74. The minimum Gasteiger partial charge on any atom is -0.490 e. The zero-order valence-corrected chi connectivity index (χ0v) is 15.9. The quantitative estimate of drug-likeness (QED) is 0.596. The van der Waals surface area contributed by atoms with E-state index in [0.717, 1.165) is 0 Å². The van der Waals surface area contributed by atoms with Gasteiger partial charge >= 0.3 is 5.97 Å². The number of rotatable bonds is 5. The lowest BCUT2D eigenvalue weighted by atomic mass is 9.82. The van der Waals surface area contributed by atoms with E-state index >= 15 is 0 Å². The Morgan fingerprint density at radius 2 is 1.87 bits per heavy atom. The first-order chi connectivity index (χ1) is 14.4. The van der Waals surface area contributed by atoms with Crippen LogP contribution >= 0.6 is 0 Å². The lowest BCUT2D eigenvalue weighted by Crippen LogP contribution is -2.38. The SMILES string of the molecule is COC(=O)C1CC(Oc2ccc3c(c2)c(=O)ncn3Cc2c(F)cc(F)cc2F)C1. The van der Waals surface area contributed by atoms with Gasteiger partial charge in [-0.25, -0.2) is 13.2 Å². The number of carbonyl (C=O) groups is 1. The van der Waals surface area contributed by atoms with Crippen LogP contribution in [0.1, 0.15) is 18.4 Å². The summed E-state index contributed by atoms with van der Waals surface area (Å²) in [7, 11) is 1.33. The molecule has 0 saturated heterocycles. The van der Waals surface area contributed by atoms with E-state index in [9.17, 15) is 22.8 Å². The Labute approximate surface area is 168 Å². The molecule has 1 heterocycles. The summed E-state index contributed by atoms with van der Waals surface area (Å²) in [6, 6.07) is 5.92. The summed E-state index contributed by atoms with van der Waals surface area (Å²) >= 11 is 0. The van der Waals surface area contributed by atoms with Gasteiger partial charge in [0.15, 0.2) is 0 Å². The van der Waals surface area contributed by atoms with Crippen LogP contribution in [0.5, 0.6) is 5.75 Å². The minimum atomic E-state index is -1.02. The van der Waals surface area contributed by atoms with E-state index in [1.807, 2.05) is 0 Å². The van der Waals surface area contributed by atoms with E-state index in [2.05, 4.69) is 4.98 Å². The van der Waals surface area contributed by atoms with Crippen molar-refractivity contribution in [3.05, 3.63) is 70.0 Å². The number of nitrogens with zero attached hydrogens (tertiary/aromatic N) is 2. The van der Waals surface area contributed by atoms with Crippen LogP contribution in [-0.4, -0.2) is 28.7 Å². The normalized spacial score (nSPS) is 18.1. The maximum atomic E-state index is 14.0. The van der Waals surface area contributed by atoms with Crippen molar-refractivity contribution >= 4 is 16.9 Å². The van der Waals surface area contributed by atoms with Crippen LogP contribution in [-0.2, 0) is 16.1 Å². The molecule has 0 amide bonds. The molecule has 30 heavy (non-hydrogen) atoms. The third-order valence-corrected chi connectivity index (χ3v) is 5.19. The Morgan fingerprint density at radius 1 is 1.17 bits per heavy atom. The summed E-state index contributed by atoms with van der Waals surface area (Å²) in [5.74, 6) is -3.11. The molecule has 156 valence electrons. The molecule has 0 unspecified atom stereocenters. The Bertz CT molecular complexity index is 1170. The Kier molecular flexibility index (Phi) is 5.19. The standard InChI is InChI=1S/C21H17F3N2O4/c1-29-21(28)11-4-14(5-11)30-13-2-3-19-15(8-13)20(27)25-10-26(19)9-16-17(23)6-12(22)7-18(16)24/h2-3,6-8,10-11,14H,4-5,9H2,1H3. The molecule has 6 nitrogen and oxygen atoms in total. The van der Waals surface area contributed by atoms with Crippen LogP contribution in [0.15, 0.2) is 41.5 Å². The molecular weight excluding hydrogens is 401 g/mol. The monoisotopic (exact) mass is 418 g/mol. The van der Waals surface area contributed by atoms with Crippen molar-refractivity contribution in [1.29, 1.82) is 0 Å². The zero-order valence-electron chi connectivity index (χ0n) is 15.9. The van der Waals surface area contributed by atoms with E-state index in [4.69, 9.17) is 9.47 Å². The predicted molar refractivity (Wildman–Crippen MR) is 101 cm³/mol. The van der Waals surface area contributed by atoms with Gasteiger partial charge in [0.25, 0.3) is 5.56 Å². The number of hydrogen-bond donors (Lipinski definition) is 0. The van der Waals surface area contributed by atoms with Crippen molar-refractivity contribution in [2.24, 2.45) is 5.92 Å². The summed E-state index contributed by atoms with van der Waals surface area (Å²) < 4.78 is 53.1. The number of benzene rings is 2. The first-order valence-electron chi connectivity index (χ1n) is 9.23. The fourth-order valence-corrected chi connectivity index (χ4v) is 3.50. The number of methoxy groups -OCH3 is 1. The average molecular weight is 418 g/mol. The second-order valence-corrected chi connectivity index (χ2v) is 7.14. The Hall–Kier alpha value is -3.36. The molecule has 1 saturated carbocycles. The highest BCUT2D eigenvalue weighted by Gasteiger charge is 2.36. The van der Waals surface area contributed by atoms with Crippen LogP contribution in [0.25, 0.3) is 10.9 Å². The molecule has 0 atom stereocenters. The van der Waals surface area contributed by atoms with E-state index in [1.54, 1.807) is 12.1 Å². The van der Waals surface area contributed by atoms with Crippen molar-refractivity contribution in [3.8, 4) is 5.75 Å². The van der Waals surface area contributed by atoms with Crippen molar-refractivity contribution in [2.75, 3.05) is 7.11 Å². The van der Waals surface area contributed by atoms with Crippen LogP contribution in [0.4, 0.5) is 13.2 Å². The molecule has 3 aromatic rings. The molecule has 1 aliphatic rings. The smallest absolute Gasteiger partial charge is 0.308 e. The average Bonchev–Trinajstić information content (AvgIpc) is 2.68. The maximum absolute atomic E-state index is 14.0. The summed E-state index contributed by atoms with van der Waals surface area (Å²) in [6.45, 7) is -0.272. The van der Waals surface area contributed by atoms with Crippen molar-refractivity contribution in [3.63, 3.8) is 0 Å². The maximum Gasteiger partial charge on any atom is 0.308 e. The summed E-state index contributed by atoms with van der Waals surface area (Å²) in [4.78, 5) is 27.4. The second-order valence-electron chi connectivity index (χ2n) is 7.14. The topological polar surface area (TPSA) is 70.4 Å². The van der Waals surface area contributed by atoms with Crippen molar-refractivity contribution in [2.45, 2.75) is 25.5 Å². The van der Waals surface area contributed by atoms with E-state index in [-0.39, 0.29) is 35.5 Å². The second kappa shape index (κ2) is 7.81. The molecule has 9 heteroatoms. The first-order valence-corrected chi connectivity index (χ1v) is 9.23. The molecule has 1 aliphatic carbocycles. The molecular formula is C21H17F3N2O4. The molecule has 2 aromatic carbocycles. The van der Waals surface area contributed by atoms with Gasteiger partial charge in [-0.3, -0.25) is 9.59 Å². The van der Waals surface area contributed by atoms with Gasteiger partial charge in [0.2, 0.25) is 0 Å². The fourth-order valence-electron chi connectivity index (χ4n) is 3.50. The highest BCUT2D eigenvalue weighted by molar-refractivity contribution is 5.79.